The Kier molecular flexibility index (Phi) is 6.59. The van der Waals surface area contributed by atoms with Gasteiger partial charge in [-0.1, -0.05) is 29.3 Å². The summed E-state index contributed by atoms with van der Waals surface area (Å²) >= 11 is 8.23. The van der Waals surface area contributed by atoms with Gasteiger partial charge in [-0.3, -0.25) is 4.68 Å². The van der Waals surface area contributed by atoms with Crippen LogP contribution in [0.4, 0.5) is 0 Å². The summed E-state index contributed by atoms with van der Waals surface area (Å²) in [6.45, 7) is 2.10. The second-order valence-corrected chi connectivity index (χ2v) is 12.9. The average Bonchev–Trinajstić information content (AvgIpc) is 3.62. The molecule has 5 aromatic rings. The van der Waals surface area contributed by atoms with Crippen molar-refractivity contribution in [3.63, 3.8) is 0 Å². The summed E-state index contributed by atoms with van der Waals surface area (Å²) < 4.78 is 42.2. The summed E-state index contributed by atoms with van der Waals surface area (Å²) in [6.07, 6.45) is 9.44. The Labute approximate surface area is 235 Å². The first kappa shape index (κ1) is 26.1. The predicted molar refractivity (Wildman–Crippen MR) is 150 cm³/mol. The number of hydrogen-bond donors (Lipinski definition) is 0. The highest BCUT2D eigenvalue weighted by Gasteiger charge is 2.43. The number of nitrogens with zero attached hydrogens (tertiary/aromatic N) is 5. The number of pyridine rings is 1. The first-order valence-electron chi connectivity index (χ1n) is 12.3. The van der Waals surface area contributed by atoms with Gasteiger partial charge in [-0.2, -0.15) is 5.10 Å². The lowest BCUT2D eigenvalue weighted by molar-refractivity contribution is -0.171. The van der Waals surface area contributed by atoms with Crippen LogP contribution in [0.2, 0.25) is 5.02 Å². The molecule has 12 heteroatoms. The summed E-state index contributed by atoms with van der Waals surface area (Å²) in [6, 6.07) is 8.58. The van der Waals surface area contributed by atoms with Gasteiger partial charge in [0.05, 0.1) is 26.7 Å². The summed E-state index contributed by atoms with van der Waals surface area (Å²) in [7, 11) is -0.632. The van der Waals surface area contributed by atoms with Gasteiger partial charge in [0.2, 0.25) is 0 Å². The van der Waals surface area contributed by atoms with Gasteiger partial charge in [-0.25, -0.2) is 22.4 Å². The largest absolute Gasteiger partial charge is 0.359 e. The van der Waals surface area contributed by atoms with Crippen molar-refractivity contribution in [2.45, 2.75) is 36.7 Å². The third kappa shape index (κ3) is 4.38. The van der Waals surface area contributed by atoms with E-state index in [9.17, 15) is 8.42 Å². The molecule has 0 bridgehead atoms. The van der Waals surface area contributed by atoms with Crippen LogP contribution in [-0.2, 0) is 32.1 Å². The Hall–Kier alpha value is -3.09. The lowest BCUT2D eigenvalue weighted by Gasteiger charge is -2.39. The van der Waals surface area contributed by atoms with Crippen molar-refractivity contribution < 1.29 is 17.9 Å². The molecule has 4 heterocycles. The van der Waals surface area contributed by atoms with Crippen LogP contribution in [-0.4, -0.2) is 46.0 Å². The number of thiazole rings is 1. The van der Waals surface area contributed by atoms with Crippen molar-refractivity contribution in [3.8, 4) is 21.7 Å². The van der Waals surface area contributed by atoms with E-state index in [-0.39, 0.29) is 17.3 Å². The van der Waals surface area contributed by atoms with Gasteiger partial charge in [-0.15, -0.1) is 11.3 Å². The van der Waals surface area contributed by atoms with E-state index >= 15 is 0 Å². The molecule has 9 nitrogen and oxygen atoms in total. The van der Waals surface area contributed by atoms with E-state index in [1.54, 1.807) is 61.7 Å². The van der Waals surface area contributed by atoms with Gasteiger partial charge in [-0.05, 0) is 44.4 Å². The molecule has 1 fully saturated rings. The molecule has 0 saturated heterocycles. The molecule has 202 valence electrons. The van der Waals surface area contributed by atoms with Crippen LogP contribution >= 0.6 is 22.9 Å². The van der Waals surface area contributed by atoms with Gasteiger partial charge in [0.15, 0.2) is 5.65 Å². The number of aryl methyl sites for hydroxylation is 2. The summed E-state index contributed by atoms with van der Waals surface area (Å²) in [5.74, 6) is 0. The topological polar surface area (TPSA) is 101 Å². The zero-order valence-corrected chi connectivity index (χ0v) is 24.0. The number of methoxy groups -OCH3 is 1. The maximum Gasteiger partial charge on any atom is 0.269 e. The Bertz CT molecular complexity index is 1790. The van der Waals surface area contributed by atoms with Crippen LogP contribution in [0.3, 0.4) is 0 Å². The lowest BCUT2D eigenvalue weighted by atomic mass is 9.80. The fourth-order valence-corrected chi connectivity index (χ4v) is 7.83. The van der Waals surface area contributed by atoms with Crippen LogP contribution in [0, 0.1) is 6.92 Å². The Morgan fingerprint density at radius 3 is 2.54 bits per heavy atom. The van der Waals surface area contributed by atoms with Crippen molar-refractivity contribution in [1.29, 1.82) is 0 Å². The standard InChI is InChI=1S/C27H26ClN5O4S2/c1-17-5-7-19(8-6-17)39(34,35)33-22(18-12-31-32(2)15-18)11-20-24(21(28)13-29-25(20)33)23-14-30-26(38-23)27(9-4-10-27)37-16-36-3/h5-8,11-15H,4,9-10,16H2,1-3H3. The van der Waals surface area contributed by atoms with E-state index in [1.165, 1.54) is 21.5 Å². The summed E-state index contributed by atoms with van der Waals surface area (Å²) in [5, 5.41) is 6.13. The molecule has 0 unspecified atom stereocenters. The SMILES string of the molecule is COCOC1(c2ncc(-c3c(Cl)cnc4c3cc(-c3cnn(C)c3)n4S(=O)(=O)c3ccc(C)cc3)s2)CCC1. The molecule has 0 radical (unpaired) electrons. The fourth-order valence-electron chi connectivity index (χ4n) is 4.85. The summed E-state index contributed by atoms with van der Waals surface area (Å²) in [5.41, 5.74) is 2.52. The van der Waals surface area contributed by atoms with E-state index in [4.69, 9.17) is 26.1 Å². The highest BCUT2D eigenvalue weighted by molar-refractivity contribution is 7.90. The van der Waals surface area contributed by atoms with Crippen LogP contribution in [0.25, 0.3) is 32.7 Å². The maximum absolute atomic E-state index is 14.1. The molecule has 1 saturated carbocycles. The first-order valence-corrected chi connectivity index (χ1v) is 15.0. The molecular weight excluding hydrogens is 558 g/mol. The molecule has 4 aromatic heterocycles. The third-order valence-electron chi connectivity index (χ3n) is 7.06. The number of fused-ring (bicyclic) bond motifs is 1. The second-order valence-electron chi connectivity index (χ2n) is 9.66. The minimum Gasteiger partial charge on any atom is -0.359 e. The van der Waals surface area contributed by atoms with E-state index < -0.39 is 15.6 Å². The van der Waals surface area contributed by atoms with Gasteiger partial charge in [0, 0.05) is 49.3 Å². The molecule has 1 aliphatic carbocycles. The molecular formula is C27H26ClN5O4S2. The van der Waals surface area contributed by atoms with Gasteiger partial charge >= 0.3 is 0 Å². The van der Waals surface area contributed by atoms with Crippen molar-refractivity contribution in [1.82, 2.24) is 23.7 Å². The predicted octanol–water partition coefficient (Wildman–Crippen LogP) is 5.76. The maximum atomic E-state index is 14.1. The number of halogens is 1. The highest BCUT2D eigenvalue weighted by atomic mass is 35.5. The number of hydrogen-bond acceptors (Lipinski definition) is 8. The first-order chi connectivity index (χ1) is 18.7. The average molecular weight is 584 g/mol. The van der Waals surface area contributed by atoms with Crippen molar-refractivity contribution in [3.05, 3.63) is 70.7 Å². The van der Waals surface area contributed by atoms with Gasteiger partial charge < -0.3 is 9.47 Å². The quantitative estimate of drug-likeness (QED) is 0.214. The summed E-state index contributed by atoms with van der Waals surface area (Å²) in [4.78, 5) is 10.2. The number of benzene rings is 1. The zero-order chi connectivity index (χ0) is 27.4. The monoisotopic (exact) mass is 583 g/mol. The number of aromatic nitrogens is 5. The zero-order valence-electron chi connectivity index (χ0n) is 21.6. The van der Waals surface area contributed by atoms with Crippen molar-refractivity contribution >= 4 is 44.0 Å². The van der Waals surface area contributed by atoms with Crippen LogP contribution in [0.5, 0.6) is 0 Å². The highest BCUT2D eigenvalue weighted by Crippen LogP contribution is 2.49. The Morgan fingerprint density at radius 1 is 1.13 bits per heavy atom. The lowest BCUT2D eigenvalue weighted by Crippen LogP contribution is -2.37. The molecule has 0 spiro atoms. The minimum atomic E-state index is -4.02. The second kappa shape index (κ2) is 9.83. The Morgan fingerprint density at radius 2 is 1.90 bits per heavy atom. The molecule has 1 aliphatic rings. The van der Waals surface area contributed by atoms with Crippen molar-refractivity contribution in [2.24, 2.45) is 7.05 Å². The number of ether oxygens (including phenoxy) is 2. The molecule has 0 aliphatic heterocycles. The van der Waals surface area contributed by atoms with Gasteiger partial charge in [0.1, 0.15) is 17.4 Å². The molecule has 6 rings (SSSR count). The van der Waals surface area contributed by atoms with Crippen molar-refractivity contribution in [2.75, 3.05) is 13.9 Å². The van der Waals surface area contributed by atoms with Crippen LogP contribution < -0.4 is 0 Å². The van der Waals surface area contributed by atoms with Crippen LogP contribution in [0.1, 0.15) is 29.8 Å². The Balaban J connectivity index is 1.57. The van der Waals surface area contributed by atoms with E-state index in [1.807, 2.05) is 13.0 Å². The third-order valence-corrected chi connectivity index (χ3v) is 10.3. The molecule has 1 aromatic carbocycles. The number of rotatable bonds is 8. The van der Waals surface area contributed by atoms with E-state index in [0.717, 1.165) is 34.7 Å². The fraction of sp³-hybridized carbons (Fsp3) is 0.296. The molecule has 0 atom stereocenters. The molecule has 0 amide bonds. The van der Waals surface area contributed by atoms with Gasteiger partial charge in [0.25, 0.3) is 10.0 Å². The van der Waals surface area contributed by atoms with E-state index in [2.05, 4.69) is 10.1 Å². The van der Waals surface area contributed by atoms with E-state index in [0.29, 0.717) is 27.2 Å². The minimum absolute atomic E-state index is 0.163. The normalized spacial score (nSPS) is 15.1. The smallest absolute Gasteiger partial charge is 0.269 e. The van der Waals surface area contributed by atoms with Crippen LogP contribution in [0.15, 0.2) is 60.0 Å². The molecule has 39 heavy (non-hydrogen) atoms. The molecule has 0 N–H and O–H groups in total.